The van der Waals surface area contributed by atoms with Crippen LogP contribution in [0.3, 0.4) is 0 Å². The van der Waals surface area contributed by atoms with Crippen molar-refractivity contribution in [2.24, 2.45) is 0 Å². The Labute approximate surface area is 164 Å². The van der Waals surface area contributed by atoms with Crippen LogP contribution in [0.25, 0.3) is 17.2 Å². The van der Waals surface area contributed by atoms with Crippen molar-refractivity contribution >= 4 is 17.7 Å². The highest BCUT2D eigenvalue weighted by Crippen LogP contribution is 2.34. The number of aliphatic carboxylic acids is 1. The Morgan fingerprint density at radius 3 is 2.18 bits per heavy atom. The maximum atomic E-state index is 15.1. The number of rotatable bonds is 6. The van der Waals surface area contributed by atoms with Crippen molar-refractivity contribution in [1.82, 2.24) is 0 Å². The van der Waals surface area contributed by atoms with E-state index in [-0.39, 0.29) is 27.8 Å². The number of carbonyl (C=O) groups is 1. The quantitative estimate of drug-likeness (QED) is 0.466. The minimum absolute atomic E-state index is 0.0290. The van der Waals surface area contributed by atoms with E-state index in [9.17, 15) is 9.18 Å². The summed E-state index contributed by atoms with van der Waals surface area (Å²) in [6, 6.07) is 7.13. The van der Waals surface area contributed by atoms with E-state index in [0.717, 1.165) is 5.69 Å². The van der Waals surface area contributed by atoms with Crippen LogP contribution in [0.2, 0.25) is 0 Å². The van der Waals surface area contributed by atoms with Crippen LogP contribution >= 0.6 is 0 Å². The van der Waals surface area contributed by atoms with Crippen LogP contribution in [-0.4, -0.2) is 17.6 Å². The minimum atomic E-state index is -1.17. The van der Waals surface area contributed by atoms with Gasteiger partial charge in [0.1, 0.15) is 11.6 Å². The molecule has 2 rings (SSSR count). The van der Waals surface area contributed by atoms with Crippen molar-refractivity contribution < 1.29 is 18.7 Å². The summed E-state index contributed by atoms with van der Waals surface area (Å²) in [5, 5.41) is 12.3. The van der Waals surface area contributed by atoms with Gasteiger partial charge in [0, 0.05) is 28.9 Å². The van der Waals surface area contributed by atoms with Gasteiger partial charge in [0.2, 0.25) is 0 Å². The van der Waals surface area contributed by atoms with Crippen molar-refractivity contribution in [3.63, 3.8) is 0 Å². The molecular weight excluding hydrogens is 360 g/mol. The lowest BCUT2D eigenvalue weighted by molar-refractivity contribution is -0.132. The predicted molar refractivity (Wildman–Crippen MR) is 110 cm³/mol. The summed E-state index contributed by atoms with van der Waals surface area (Å²) in [6.45, 7) is 9.03. The third kappa shape index (κ3) is 4.66. The monoisotopic (exact) mass is 385 g/mol. The molecule has 0 saturated carbocycles. The molecule has 0 aliphatic heterocycles. The molecule has 5 heteroatoms. The van der Waals surface area contributed by atoms with E-state index in [1.807, 2.05) is 26.0 Å². The van der Waals surface area contributed by atoms with Crippen molar-refractivity contribution in [3.05, 3.63) is 69.8 Å². The Bertz CT molecular complexity index is 925. The number of nitrogens with one attached hydrogen (secondary N) is 1. The minimum Gasteiger partial charge on any atom is -0.478 e. The van der Waals surface area contributed by atoms with Crippen molar-refractivity contribution in [1.29, 1.82) is 0 Å². The Balaban J connectivity index is 2.46. The molecular formula is C23H25F2NO2. The molecule has 0 saturated heterocycles. The first-order valence-corrected chi connectivity index (χ1v) is 9.00. The molecule has 2 aromatic rings. The molecule has 0 radical (unpaired) electrons. The lowest BCUT2D eigenvalue weighted by Gasteiger charge is -2.15. The molecule has 28 heavy (non-hydrogen) atoms. The van der Waals surface area contributed by atoms with E-state index < -0.39 is 17.6 Å². The lowest BCUT2D eigenvalue weighted by Crippen LogP contribution is -2.04. The first kappa shape index (κ1) is 21.4. The van der Waals surface area contributed by atoms with Gasteiger partial charge >= 0.3 is 5.97 Å². The number of halogens is 2. The average molecular weight is 385 g/mol. The summed E-state index contributed by atoms with van der Waals surface area (Å²) in [5.74, 6) is -2.33. The molecule has 0 aromatic heterocycles. The zero-order valence-electron chi connectivity index (χ0n) is 16.8. The first-order valence-electron chi connectivity index (χ1n) is 9.00. The summed E-state index contributed by atoms with van der Waals surface area (Å²) in [6.07, 6.45) is 3.23. The van der Waals surface area contributed by atoms with Gasteiger partial charge in [0.15, 0.2) is 0 Å². The third-order valence-corrected chi connectivity index (χ3v) is 4.58. The van der Waals surface area contributed by atoms with Gasteiger partial charge < -0.3 is 10.4 Å². The van der Waals surface area contributed by atoms with E-state index in [0.29, 0.717) is 12.1 Å². The number of benzene rings is 2. The molecule has 2 aromatic carbocycles. The molecule has 0 heterocycles. The van der Waals surface area contributed by atoms with E-state index in [1.165, 1.54) is 32.4 Å². The summed E-state index contributed by atoms with van der Waals surface area (Å²) >= 11 is 0. The lowest BCUT2D eigenvalue weighted by atomic mass is 9.92. The summed E-state index contributed by atoms with van der Waals surface area (Å²) < 4.78 is 30.0. The molecule has 0 aliphatic rings. The molecule has 0 aliphatic carbocycles. The number of anilines is 1. The normalized spacial score (nSPS) is 11.3. The second-order valence-electron chi connectivity index (χ2n) is 7.04. The zero-order chi connectivity index (χ0) is 21.0. The van der Waals surface area contributed by atoms with Crippen LogP contribution in [0, 0.1) is 25.5 Å². The molecule has 148 valence electrons. The van der Waals surface area contributed by atoms with E-state index >= 15 is 4.39 Å². The third-order valence-electron chi connectivity index (χ3n) is 4.58. The maximum absolute atomic E-state index is 15.1. The van der Waals surface area contributed by atoms with E-state index in [1.54, 1.807) is 12.1 Å². The van der Waals surface area contributed by atoms with Gasteiger partial charge in [-0.15, -0.1) is 0 Å². The Hall–Kier alpha value is -2.95. The molecule has 0 bridgehead atoms. The Kier molecular flexibility index (Phi) is 6.73. The van der Waals surface area contributed by atoms with E-state index in [2.05, 4.69) is 11.4 Å². The van der Waals surface area contributed by atoms with Crippen LogP contribution in [0.4, 0.5) is 14.5 Å². The van der Waals surface area contributed by atoms with Gasteiger partial charge in [0.25, 0.3) is 0 Å². The first-order chi connectivity index (χ1) is 13.1. The molecule has 0 spiro atoms. The van der Waals surface area contributed by atoms with Crippen LogP contribution in [0.1, 0.15) is 37.5 Å². The number of carboxylic acid groups (broad SMARTS) is 1. The Morgan fingerprint density at radius 1 is 1.04 bits per heavy atom. The fourth-order valence-electron chi connectivity index (χ4n) is 2.87. The highest BCUT2D eigenvalue weighted by Gasteiger charge is 2.20. The maximum Gasteiger partial charge on any atom is 0.331 e. The van der Waals surface area contributed by atoms with Crippen molar-refractivity contribution in [3.8, 4) is 11.1 Å². The highest BCUT2D eigenvalue weighted by atomic mass is 19.1. The summed E-state index contributed by atoms with van der Waals surface area (Å²) in [7, 11) is 0. The van der Waals surface area contributed by atoms with Gasteiger partial charge in [-0.3, -0.25) is 0 Å². The molecule has 2 N–H and O–H groups in total. The van der Waals surface area contributed by atoms with Crippen molar-refractivity contribution in [2.45, 2.75) is 34.6 Å². The predicted octanol–water partition coefficient (Wildman–Crippen LogP) is 6.11. The zero-order valence-corrected chi connectivity index (χ0v) is 16.8. The van der Waals surface area contributed by atoms with Crippen LogP contribution in [-0.2, 0) is 4.79 Å². The SMILES string of the molecule is CC(C)=CCNc1ccc(-c2c(C)c(F)c(/C=C(\C)C(=O)O)c(C)c2F)cc1. The van der Waals surface area contributed by atoms with E-state index in [4.69, 9.17) is 5.11 Å². The van der Waals surface area contributed by atoms with Crippen LogP contribution in [0.5, 0.6) is 0 Å². The molecule has 3 nitrogen and oxygen atoms in total. The second-order valence-corrected chi connectivity index (χ2v) is 7.04. The molecule has 0 amide bonds. The Morgan fingerprint density at radius 2 is 1.64 bits per heavy atom. The standard InChI is InChI=1S/C23H25F2NO2/c1-13(2)10-11-26-18-8-6-17(7-9-18)20-16(5)21(24)19(15(4)22(20)25)12-14(3)23(27)28/h6-10,12,26H,11H2,1-5H3,(H,27,28)/b14-12+. The van der Waals surface area contributed by atoms with Gasteiger partial charge in [-0.05, 0) is 69.5 Å². The van der Waals surface area contributed by atoms with Crippen LogP contribution in [0.15, 0.2) is 41.5 Å². The van der Waals surface area contributed by atoms with Gasteiger partial charge in [-0.25, -0.2) is 13.6 Å². The van der Waals surface area contributed by atoms with Gasteiger partial charge in [-0.2, -0.15) is 0 Å². The molecule has 0 atom stereocenters. The largest absolute Gasteiger partial charge is 0.478 e. The second kappa shape index (κ2) is 8.83. The fourth-order valence-corrected chi connectivity index (χ4v) is 2.87. The summed E-state index contributed by atoms with van der Waals surface area (Å²) in [4.78, 5) is 11.0. The summed E-state index contributed by atoms with van der Waals surface area (Å²) in [5.41, 5.74) is 3.00. The number of hydrogen-bond acceptors (Lipinski definition) is 2. The van der Waals surface area contributed by atoms with Crippen molar-refractivity contribution in [2.75, 3.05) is 11.9 Å². The van der Waals surface area contributed by atoms with Gasteiger partial charge in [0.05, 0.1) is 0 Å². The number of carboxylic acids is 1. The van der Waals surface area contributed by atoms with Crippen LogP contribution < -0.4 is 5.32 Å². The fraction of sp³-hybridized carbons (Fsp3) is 0.261. The average Bonchev–Trinajstić information content (AvgIpc) is 2.64. The smallest absolute Gasteiger partial charge is 0.331 e. The highest BCUT2D eigenvalue weighted by molar-refractivity contribution is 5.92. The number of hydrogen-bond donors (Lipinski definition) is 2. The topological polar surface area (TPSA) is 49.3 Å². The number of allylic oxidation sites excluding steroid dienone is 1. The molecule has 0 unspecified atom stereocenters. The van der Waals surface area contributed by atoms with Gasteiger partial charge in [-0.1, -0.05) is 23.8 Å². The molecule has 0 fully saturated rings.